The number of halogens is 1. The summed E-state index contributed by atoms with van der Waals surface area (Å²) in [6, 6.07) is 6.22. The molecule has 1 N–H and O–H groups in total. The molecule has 1 saturated carbocycles. The number of carbonyl (C=O) groups excluding carboxylic acids is 2. The van der Waals surface area contributed by atoms with Gasteiger partial charge in [0.05, 0.1) is 36.4 Å². The van der Waals surface area contributed by atoms with Gasteiger partial charge in [-0.1, -0.05) is 6.07 Å². The van der Waals surface area contributed by atoms with E-state index >= 15 is 0 Å². The van der Waals surface area contributed by atoms with Crippen LogP contribution in [0, 0.1) is 29.0 Å². The third-order valence-corrected chi connectivity index (χ3v) is 7.31. The van der Waals surface area contributed by atoms with Crippen LogP contribution in [0.2, 0.25) is 0 Å². The van der Waals surface area contributed by atoms with Crippen molar-refractivity contribution in [3.8, 4) is 6.07 Å². The maximum Gasteiger partial charge on any atom is 0.414 e. The van der Waals surface area contributed by atoms with Gasteiger partial charge < -0.3 is 10.1 Å². The zero-order chi connectivity index (χ0) is 20.1. The molecule has 2 amide bonds. The van der Waals surface area contributed by atoms with Gasteiger partial charge in [-0.2, -0.15) is 5.26 Å². The van der Waals surface area contributed by atoms with Crippen LogP contribution in [0.3, 0.4) is 0 Å². The van der Waals surface area contributed by atoms with Crippen LogP contribution < -0.4 is 10.2 Å². The van der Waals surface area contributed by atoms with Crippen molar-refractivity contribution in [2.45, 2.75) is 18.4 Å². The van der Waals surface area contributed by atoms with Crippen LogP contribution in [0.4, 0.5) is 14.9 Å². The number of nitrogens with zero attached hydrogens (tertiary/aromatic N) is 2. The van der Waals surface area contributed by atoms with Crippen molar-refractivity contribution in [1.29, 1.82) is 5.26 Å². The zero-order valence-electron chi connectivity index (χ0n) is 14.8. The minimum Gasteiger partial charge on any atom is -0.442 e. The predicted molar refractivity (Wildman–Crippen MR) is 95.6 cm³/mol. The smallest absolute Gasteiger partial charge is 0.414 e. The molecule has 0 aromatic heterocycles. The van der Waals surface area contributed by atoms with E-state index in [4.69, 9.17) is 10.00 Å². The van der Waals surface area contributed by atoms with Gasteiger partial charge in [0.15, 0.2) is 9.84 Å². The van der Waals surface area contributed by atoms with E-state index in [9.17, 15) is 22.4 Å². The quantitative estimate of drug-likeness (QED) is 0.776. The van der Waals surface area contributed by atoms with Crippen LogP contribution in [-0.4, -0.2) is 51.1 Å². The molecule has 148 valence electrons. The molecule has 0 bridgehead atoms. The number of anilines is 1. The van der Waals surface area contributed by atoms with E-state index in [2.05, 4.69) is 5.32 Å². The monoisotopic (exact) mass is 407 g/mol. The van der Waals surface area contributed by atoms with Gasteiger partial charge in [0.25, 0.3) is 0 Å². The Hall–Kier alpha value is -2.67. The Balaban J connectivity index is 1.40. The molecular weight excluding hydrogens is 389 g/mol. The lowest BCUT2D eigenvalue weighted by atomic mass is 10.1. The molecule has 1 aromatic carbocycles. The van der Waals surface area contributed by atoms with E-state index < -0.39 is 33.8 Å². The second-order valence-corrected chi connectivity index (χ2v) is 9.55. The van der Waals surface area contributed by atoms with Crippen molar-refractivity contribution in [3.63, 3.8) is 0 Å². The molecule has 10 heteroatoms. The van der Waals surface area contributed by atoms with Crippen LogP contribution in [0.25, 0.3) is 0 Å². The molecule has 8 nitrogen and oxygen atoms in total. The van der Waals surface area contributed by atoms with Gasteiger partial charge in [-0.05, 0) is 35.4 Å². The minimum absolute atomic E-state index is 0.0106. The Morgan fingerprint density at radius 2 is 2.07 bits per heavy atom. The zero-order valence-corrected chi connectivity index (χ0v) is 15.6. The second-order valence-electron chi connectivity index (χ2n) is 7.39. The molecule has 3 aliphatic rings. The summed E-state index contributed by atoms with van der Waals surface area (Å²) in [5, 5.41) is 11.0. The van der Waals surface area contributed by atoms with Crippen molar-refractivity contribution < 1.29 is 27.1 Å². The number of sulfone groups is 1. The van der Waals surface area contributed by atoms with E-state index in [0.717, 1.165) is 0 Å². The number of ether oxygens (including phenoxy) is 1. The Kier molecular flexibility index (Phi) is 4.50. The van der Waals surface area contributed by atoms with Crippen molar-refractivity contribution in [2.24, 2.45) is 11.8 Å². The molecule has 0 radical (unpaired) electrons. The van der Waals surface area contributed by atoms with E-state index in [1.54, 1.807) is 18.2 Å². The number of carbonyl (C=O) groups is 2. The summed E-state index contributed by atoms with van der Waals surface area (Å²) in [5.41, 5.74) is 0.831. The Morgan fingerprint density at radius 1 is 1.36 bits per heavy atom. The third kappa shape index (κ3) is 3.42. The molecule has 2 heterocycles. The highest BCUT2D eigenvalue weighted by atomic mass is 32.2. The highest BCUT2D eigenvalue weighted by Crippen LogP contribution is 2.59. The lowest BCUT2D eigenvalue weighted by molar-refractivity contribution is -0.120. The highest BCUT2D eigenvalue weighted by molar-refractivity contribution is 7.91. The van der Waals surface area contributed by atoms with E-state index in [0.29, 0.717) is 11.3 Å². The molecule has 4 rings (SSSR count). The molecule has 2 aliphatic heterocycles. The number of cyclic esters (lactones) is 1. The molecule has 28 heavy (non-hydrogen) atoms. The predicted octanol–water partition coefficient (Wildman–Crippen LogP) is 0.939. The van der Waals surface area contributed by atoms with Gasteiger partial charge in [0, 0.05) is 0 Å². The first kappa shape index (κ1) is 18.7. The number of rotatable bonds is 5. The van der Waals surface area contributed by atoms with Crippen molar-refractivity contribution in [2.75, 3.05) is 29.5 Å². The molecule has 1 aromatic rings. The van der Waals surface area contributed by atoms with Gasteiger partial charge in [0.2, 0.25) is 5.91 Å². The number of nitriles is 1. The lowest BCUT2D eigenvalue weighted by Gasteiger charge is -2.15. The summed E-state index contributed by atoms with van der Waals surface area (Å²) in [6.07, 6.45) is -1.51. The van der Waals surface area contributed by atoms with Crippen molar-refractivity contribution in [1.82, 2.24) is 5.32 Å². The standard InChI is InChI=1S/C18H18FN3O5S/c19-15-5-10(1-2-12(15)17-13-8-28(25,26)9-14(13)17)22-7-11(27-18(22)24)6-21-16(23)3-4-20/h1-2,5,11,13-14,17H,3,6-9H2,(H,21,23)/t11-,13-,14+,17+/m0/s1. The topological polar surface area (TPSA) is 117 Å². The SMILES string of the molecule is N#CCC(=O)NC[C@H]1CN(c2ccc([C@H]3[C@@H]4CS(=O)(=O)C[C@@H]43)c(F)c2)C(=O)O1. The molecule has 0 spiro atoms. The van der Waals surface area contributed by atoms with Crippen molar-refractivity contribution >= 4 is 27.5 Å². The maximum absolute atomic E-state index is 14.6. The molecular formula is C18H18FN3O5S. The van der Waals surface area contributed by atoms with Crippen LogP contribution in [-0.2, 0) is 19.4 Å². The Labute approximate surface area is 161 Å². The maximum atomic E-state index is 14.6. The van der Waals surface area contributed by atoms with Crippen LogP contribution >= 0.6 is 0 Å². The lowest BCUT2D eigenvalue weighted by Crippen LogP contribution is -2.34. The normalized spacial score (nSPS) is 29.7. The number of fused-ring (bicyclic) bond motifs is 1. The number of hydrogen-bond acceptors (Lipinski definition) is 6. The van der Waals surface area contributed by atoms with Gasteiger partial charge in [-0.15, -0.1) is 0 Å². The number of benzene rings is 1. The fourth-order valence-corrected chi connectivity index (χ4v) is 6.39. The van der Waals surface area contributed by atoms with Crippen LogP contribution in [0.15, 0.2) is 18.2 Å². The van der Waals surface area contributed by atoms with Crippen LogP contribution in [0.5, 0.6) is 0 Å². The number of hydrogen-bond donors (Lipinski definition) is 1. The molecule has 4 atom stereocenters. The minimum atomic E-state index is -2.99. The second kappa shape index (κ2) is 6.74. The molecule has 1 aliphatic carbocycles. The Morgan fingerprint density at radius 3 is 2.71 bits per heavy atom. The number of amides is 2. The largest absolute Gasteiger partial charge is 0.442 e. The van der Waals surface area contributed by atoms with Gasteiger partial charge >= 0.3 is 6.09 Å². The van der Waals surface area contributed by atoms with E-state index in [1.807, 2.05) is 0 Å². The number of nitrogens with one attached hydrogen (secondary N) is 1. The first-order valence-corrected chi connectivity index (χ1v) is 10.7. The Bertz CT molecular complexity index is 971. The average Bonchev–Trinajstić information content (AvgIpc) is 2.97. The summed E-state index contributed by atoms with van der Waals surface area (Å²) in [7, 11) is -2.99. The van der Waals surface area contributed by atoms with E-state index in [-0.39, 0.29) is 48.8 Å². The summed E-state index contributed by atoms with van der Waals surface area (Å²) < 4.78 is 42.9. The van der Waals surface area contributed by atoms with Gasteiger partial charge in [0.1, 0.15) is 18.3 Å². The first-order chi connectivity index (χ1) is 13.3. The van der Waals surface area contributed by atoms with E-state index in [1.165, 1.54) is 11.0 Å². The summed E-state index contributed by atoms with van der Waals surface area (Å²) >= 11 is 0. The molecule has 2 saturated heterocycles. The summed E-state index contributed by atoms with van der Waals surface area (Å²) in [6.45, 7) is 0.223. The first-order valence-electron chi connectivity index (χ1n) is 8.91. The fourth-order valence-electron chi connectivity index (χ4n) is 4.17. The summed E-state index contributed by atoms with van der Waals surface area (Å²) in [5.74, 6) is -0.794. The highest BCUT2D eigenvalue weighted by Gasteiger charge is 2.59. The molecule has 3 fully saturated rings. The summed E-state index contributed by atoms with van der Waals surface area (Å²) in [4.78, 5) is 24.7. The van der Waals surface area contributed by atoms with Crippen LogP contribution in [0.1, 0.15) is 17.9 Å². The fraction of sp³-hybridized carbons (Fsp3) is 0.500. The average molecular weight is 407 g/mol. The van der Waals surface area contributed by atoms with Gasteiger partial charge in [-0.3, -0.25) is 9.69 Å². The van der Waals surface area contributed by atoms with Gasteiger partial charge in [-0.25, -0.2) is 17.6 Å². The van der Waals surface area contributed by atoms with Crippen molar-refractivity contribution in [3.05, 3.63) is 29.6 Å². The third-order valence-electron chi connectivity index (χ3n) is 5.52. The molecule has 0 unspecified atom stereocenters.